The van der Waals surface area contributed by atoms with E-state index in [1.807, 2.05) is 0 Å². The Bertz CT molecular complexity index is 1010. The van der Waals surface area contributed by atoms with Crippen LogP contribution in [0.15, 0.2) is 53.4 Å². The number of amides is 1. The highest BCUT2D eigenvalue weighted by atomic mass is 32.2. The Morgan fingerprint density at radius 2 is 1.73 bits per heavy atom. The van der Waals surface area contributed by atoms with Gasteiger partial charge in [-0.3, -0.25) is 9.59 Å². The summed E-state index contributed by atoms with van der Waals surface area (Å²) < 4.78 is 69.5. The molecule has 1 amide bonds. The summed E-state index contributed by atoms with van der Waals surface area (Å²) in [5.41, 5.74) is -0.258. The first-order valence-electron chi connectivity index (χ1n) is 8.66. The second-order valence-electron chi connectivity index (χ2n) is 6.21. The minimum absolute atomic E-state index is 0.0612. The highest BCUT2D eigenvalue weighted by molar-refractivity contribution is 7.89. The van der Waals surface area contributed by atoms with Gasteiger partial charge in [0, 0.05) is 19.2 Å². The van der Waals surface area contributed by atoms with Gasteiger partial charge >= 0.3 is 12.1 Å². The topological polar surface area (TPSA) is 102 Å². The van der Waals surface area contributed by atoms with Gasteiger partial charge in [-0.25, -0.2) is 13.1 Å². The van der Waals surface area contributed by atoms with Crippen LogP contribution in [0.4, 0.5) is 18.9 Å². The van der Waals surface area contributed by atoms with E-state index >= 15 is 0 Å². The number of carbonyl (C=O) groups is 2. The van der Waals surface area contributed by atoms with Gasteiger partial charge in [0.15, 0.2) is 0 Å². The molecule has 30 heavy (non-hydrogen) atoms. The molecular weight excluding hydrogens is 425 g/mol. The lowest BCUT2D eigenvalue weighted by Gasteiger charge is -2.10. The van der Waals surface area contributed by atoms with Crippen molar-refractivity contribution in [3.8, 4) is 0 Å². The van der Waals surface area contributed by atoms with Gasteiger partial charge in [0.25, 0.3) is 0 Å². The summed E-state index contributed by atoms with van der Waals surface area (Å²) >= 11 is 0. The summed E-state index contributed by atoms with van der Waals surface area (Å²) in [5.74, 6) is -1.07. The number of ether oxygens (including phenoxy) is 1. The zero-order valence-electron chi connectivity index (χ0n) is 15.8. The number of carbonyl (C=O) groups excluding carboxylic acids is 2. The van der Waals surface area contributed by atoms with Crippen molar-refractivity contribution in [3.05, 3.63) is 59.7 Å². The van der Waals surface area contributed by atoms with Crippen molar-refractivity contribution in [1.29, 1.82) is 0 Å². The molecule has 0 spiro atoms. The number of rotatable bonds is 8. The zero-order chi connectivity index (χ0) is 22.4. The monoisotopic (exact) mass is 444 g/mol. The highest BCUT2D eigenvalue weighted by Crippen LogP contribution is 2.29. The van der Waals surface area contributed by atoms with E-state index in [1.54, 1.807) is 0 Å². The van der Waals surface area contributed by atoms with Crippen LogP contribution in [-0.2, 0) is 37.1 Å². The van der Waals surface area contributed by atoms with Crippen molar-refractivity contribution < 1.29 is 35.9 Å². The van der Waals surface area contributed by atoms with E-state index in [-0.39, 0.29) is 35.9 Å². The van der Waals surface area contributed by atoms with Crippen LogP contribution >= 0.6 is 0 Å². The molecule has 2 aromatic carbocycles. The molecule has 11 heteroatoms. The summed E-state index contributed by atoms with van der Waals surface area (Å²) in [6, 6.07) is 9.79. The zero-order valence-corrected chi connectivity index (χ0v) is 16.6. The maximum Gasteiger partial charge on any atom is 0.416 e. The van der Waals surface area contributed by atoms with Crippen LogP contribution in [0.2, 0.25) is 0 Å². The molecule has 2 aromatic rings. The molecule has 0 heterocycles. The number of anilines is 1. The van der Waals surface area contributed by atoms with Crippen LogP contribution in [0.5, 0.6) is 0 Å². The molecule has 0 aliphatic heterocycles. The average molecular weight is 444 g/mol. The van der Waals surface area contributed by atoms with Crippen molar-refractivity contribution in [2.75, 3.05) is 11.9 Å². The Balaban J connectivity index is 1.83. The van der Waals surface area contributed by atoms with Crippen LogP contribution in [0, 0.1) is 0 Å². The predicted octanol–water partition coefficient (Wildman–Crippen LogP) is 3.08. The fourth-order valence-electron chi connectivity index (χ4n) is 2.36. The molecule has 0 radical (unpaired) electrons. The number of halogens is 3. The van der Waals surface area contributed by atoms with Crippen molar-refractivity contribution in [1.82, 2.24) is 4.72 Å². The van der Waals surface area contributed by atoms with E-state index in [1.165, 1.54) is 43.3 Å². The number of hydrogen-bond acceptors (Lipinski definition) is 5. The predicted molar refractivity (Wildman–Crippen MR) is 102 cm³/mol. The molecule has 0 fully saturated rings. The number of hydrogen-bond donors (Lipinski definition) is 2. The lowest BCUT2D eigenvalue weighted by Crippen LogP contribution is -2.26. The Labute approximate surface area is 171 Å². The third-order valence-electron chi connectivity index (χ3n) is 3.76. The Hall–Kier alpha value is -2.92. The normalized spacial score (nSPS) is 11.7. The van der Waals surface area contributed by atoms with E-state index in [0.29, 0.717) is 5.69 Å². The lowest BCUT2D eigenvalue weighted by molar-refractivity contribution is -0.144. The van der Waals surface area contributed by atoms with Gasteiger partial charge in [-0.15, -0.1) is 0 Å². The van der Waals surface area contributed by atoms with Gasteiger partial charge < -0.3 is 10.1 Å². The van der Waals surface area contributed by atoms with Gasteiger partial charge in [-0.2, -0.15) is 13.2 Å². The molecular formula is C19H19F3N2O5S. The van der Waals surface area contributed by atoms with Crippen LogP contribution in [0.25, 0.3) is 0 Å². The molecule has 0 saturated heterocycles. The molecule has 0 bridgehead atoms. The maximum atomic E-state index is 12.7. The first-order valence-corrected chi connectivity index (χ1v) is 10.1. The summed E-state index contributed by atoms with van der Waals surface area (Å²) in [6.07, 6.45) is -4.80. The molecule has 0 saturated carbocycles. The largest absolute Gasteiger partial charge is 0.461 e. The Kier molecular flexibility index (Phi) is 7.57. The van der Waals surface area contributed by atoms with E-state index in [2.05, 4.69) is 10.0 Å². The van der Waals surface area contributed by atoms with Crippen molar-refractivity contribution in [3.63, 3.8) is 0 Å². The third kappa shape index (κ3) is 7.16. The van der Waals surface area contributed by atoms with Gasteiger partial charge in [-0.1, -0.05) is 12.1 Å². The van der Waals surface area contributed by atoms with Crippen molar-refractivity contribution >= 4 is 27.6 Å². The van der Waals surface area contributed by atoms with Gasteiger partial charge in [0.1, 0.15) is 6.61 Å². The fourth-order valence-corrected chi connectivity index (χ4v) is 3.40. The Morgan fingerprint density at radius 1 is 1.07 bits per heavy atom. The maximum absolute atomic E-state index is 12.7. The first kappa shape index (κ1) is 23.4. The van der Waals surface area contributed by atoms with Crippen LogP contribution in [-0.4, -0.2) is 26.8 Å². The number of sulfonamides is 1. The number of benzene rings is 2. The third-order valence-corrected chi connectivity index (χ3v) is 5.24. The number of nitrogens with one attached hydrogen (secondary N) is 2. The number of esters is 1. The van der Waals surface area contributed by atoms with Gasteiger partial charge in [0.2, 0.25) is 15.9 Å². The molecule has 0 aliphatic rings. The first-order chi connectivity index (χ1) is 14.0. The number of alkyl halides is 3. The fraction of sp³-hybridized carbons (Fsp3) is 0.263. The van der Waals surface area contributed by atoms with Crippen LogP contribution < -0.4 is 10.0 Å². The standard InChI is InChI=1S/C19H19F3N2O5S/c1-13(25)24-16-5-7-17(8-6-16)30(27,28)23-10-9-18(26)29-12-14-3-2-4-15(11-14)19(20,21)22/h2-8,11,23H,9-10,12H2,1H3,(H,24,25). The quantitative estimate of drug-likeness (QED) is 0.610. The summed E-state index contributed by atoms with van der Waals surface area (Å²) in [5, 5.41) is 2.50. The van der Waals surface area contributed by atoms with Crippen molar-refractivity contribution in [2.24, 2.45) is 0 Å². The minimum atomic E-state index is -4.50. The summed E-state index contributed by atoms with van der Waals surface area (Å²) in [7, 11) is -3.89. The van der Waals surface area contributed by atoms with E-state index in [0.717, 1.165) is 12.1 Å². The molecule has 0 aromatic heterocycles. The lowest BCUT2D eigenvalue weighted by atomic mass is 10.1. The SMILES string of the molecule is CC(=O)Nc1ccc(S(=O)(=O)NCCC(=O)OCc2cccc(C(F)(F)F)c2)cc1. The molecule has 0 atom stereocenters. The molecule has 7 nitrogen and oxygen atoms in total. The smallest absolute Gasteiger partial charge is 0.416 e. The second kappa shape index (κ2) is 9.72. The second-order valence-corrected chi connectivity index (χ2v) is 7.98. The van der Waals surface area contributed by atoms with Gasteiger partial charge in [0.05, 0.1) is 16.9 Å². The van der Waals surface area contributed by atoms with Gasteiger partial charge in [-0.05, 0) is 42.0 Å². The molecule has 0 unspecified atom stereocenters. The molecule has 2 rings (SSSR count). The summed E-state index contributed by atoms with van der Waals surface area (Å²) in [4.78, 5) is 22.7. The Morgan fingerprint density at radius 3 is 2.33 bits per heavy atom. The average Bonchev–Trinajstić information content (AvgIpc) is 2.66. The highest BCUT2D eigenvalue weighted by Gasteiger charge is 2.30. The van der Waals surface area contributed by atoms with E-state index in [9.17, 15) is 31.2 Å². The molecule has 2 N–H and O–H groups in total. The van der Waals surface area contributed by atoms with E-state index in [4.69, 9.17) is 4.74 Å². The molecule has 0 aliphatic carbocycles. The van der Waals surface area contributed by atoms with Crippen LogP contribution in [0.3, 0.4) is 0 Å². The molecule has 162 valence electrons. The minimum Gasteiger partial charge on any atom is -0.461 e. The van der Waals surface area contributed by atoms with Crippen LogP contribution in [0.1, 0.15) is 24.5 Å². The van der Waals surface area contributed by atoms with Crippen molar-refractivity contribution in [2.45, 2.75) is 31.0 Å². The van der Waals surface area contributed by atoms with E-state index < -0.39 is 27.7 Å². The summed E-state index contributed by atoms with van der Waals surface area (Å²) in [6.45, 7) is 0.704.